The highest BCUT2D eigenvalue weighted by atomic mass is 14.0. The molecule has 0 spiro atoms. The van der Waals surface area contributed by atoms with Gasteiger partial charge < -0.3 is 0 Å². The summed E-state index contributed by atoms with van der Waals surface area (Å²) in [5.41, 5.74) is 1.31. The van der Waals surface area contributed by atoms with Crippen LogP contribution in [0.4, 0.5) is 0 Å². The van der Waals surface area contributed by atoms with Crippen molar-refractivity contribution < 1.29 is 0 Å². The minimum atomic E-state index is 0.751. The van der Waals surface area contributed by atoms with E-state index < -0.39 is 0 Å². The van der Waals surface area contributed by atoms with Crippen LogP contribution in [0.15, 0.2) is 24.3 Å². The van der Waals surface area contributed by atoms with Crippen LogP contribution in [0.2, 0.25) is 0 Å². The van der Waals surface area contributed by atoms with E-state index in [0.29, 0.717) is 0 Å². The average molecular weight is 180 g/mol. The molecule has 0 radical (unpaired) electrons. The highest BCUT2D eigenvalue weighted by molar-refractivity contribution is 4.89. The molecule has 0 rings (SSSR count). The van der Waals surface area contributed by atoms with E-state index >= 15 is 0 Å². The fraction of sp³-hybridized carbons (Fsp3) is 0.692. The summed E-state index contributed by atoms with van der Waals surface area (Å²) in [5.74, 6) is 0.751. The van der Waals surface area contributed by atoms with E-state index in [2.05, 4.69) is 39.5 Å². The lowest BCUT2D eigenvalue weighted by atomic mass is 10.1. The number of hydrogen-bond donors (Lipinski definition) is 0. The smallest absolute Gasteiger partial charge is 0.0265 e. The van der Waals surface area contributed by atoms with Crippen LogP contribution < -0.4 is 0 Å². The number of allylic oxidation sites excluding steroid dienone is 3. The second kappa shape index (κ2) is 8.10. The molecule has 0 saturated carbocycles. The summed E-state index contributed by atoms with van der Waals surface area (Å²) in [5, 5.41) is 0. The van der Waals surface area contributed by atoms with Gasteiger partial charge in [-0.25, -0.2) is 0 Å². The Kier molecular flexibility index (Phi) is 7.77. The third-order valence-corrected chi connectivity index (χ3v) is 2.33. The first-order valence-corrected chi connectivity index (χ1v) is 5.47. The van der Waals surface area contributed by atoms with Crippen LogP contribution in [0.25, 0.3) is 0 Å². The van der Waals surface area contributed by atoms with Crippen LogP contribution in [0.1, 0.15) is 52.9 Å². The highest BCUT2D eigenvalue weighted by Crippen LogP contribution is 2.08. The Hall–Kier alpha value is -0.520. The predicted octanol–water partition coefficient (Wildman–Crippen LogP) is 4.73. The first kappa shape index (κ1) is 12.5. The molecule has 0 heteroatoms. The lowest BCUT2D eigenvalue weighted by molar-refractivity contribution is 0.687. The molecule has 0 aromatic carbocycles. The topological polar surface area (TPSA) is 0 Å². The van der Waals surface area contributed by atoms with E-state index in [1.54, 1.807) is 0 Å². The minimum absolute atomic E-state index is 0.751. The fourth-order valence-corrected chi connectivity index (χ4v) is 1.15. The Morgan fingerprint density at radius 3 is 2.62 bits per heavy atom. The fourth-order valence-electron chi connectivity index (χ4n) is 1.15. The van der Waals surface area contributed by atoms with Crippen molar-refractivity contribution in [3.05, 3.63) is 24.3 Å². The van der Waals surface area contributed by atoms with Gasteiger partial charge in [0.05, 0.1) is 0 Å². The molecule has 13 heavy (non-hydrogen) atoms. The van der Waals surface area contributed by atoms with Gasteiger partial charge in [0.1, 0.15) is 0 Å². The summed E-state index contributed by atoms with van der Waals surface area (Å²) < 4.78 is 0. The minimum Gasteiger partial charge on any atom is -0.100 e. The lowest BCUT2D eigenvalue weighted by Crippen LogP contribution is -1.84. The largest absolute Gasteiger partial charge is 0.100 e. The highest BCUT2D eigenvalue weighted by Gasteiger charge is 1.90. The molecule has 0 nitrogen and oxygen atoms in total. The molecule has 0 aromatic heterocycles. The van der Waals surface area contributed by atoms with Crippen molar-refractivity contribution in [1.82, 2.24) is 0 Å². The SMILES string of the molecule is C=C(C)CCCC/C=C\[C@@H](C)CC. The number of hydrogen-bond acceptors (Lipinski definition) is 0. The van der Waals surface area contributed by atoms with Gasteiger partial charge in [0.15, 0.2) is 0 Å². The van der Waals surface area contributed by atoms with Gasteiger partial charge in [0.2, 0.25) is 0 Å². The first-order valence-electron chi connectivity index (χ1n) is 5.47. The maximum absolute atomic E-state index is 3.90. The van der Waals surface area contributed by atoms with E-state index in [1.165, 1.54) is 37.7 Å². The molecule has 0 bridgehead atoms. The number of rotatable bonds is 7. The monoisotopic (exact) mass is 180 g/mol. The normalized spacial score (nSPS) is 13.5. The quantitative estimate of drug-likeness (QED) is 0.392. The number of unbranched alkanes of at least 4 members (excludes halogenated alkanes) is 2. The molecule has 0 amide bonds. The average Bonchev–Trinajstić information content (AvgIpc) is 2.10. The molecule has 0 saturated heterocycles. The molecule has 0 aliphatic rings. The molecule has 0 unspecified atom stereocenters. The standard InChI is InChI=1S/C13H24/c1-5-13(4)11-9-7-6-8-10-12(2)3/h9,11,13H,2,5-8,10H2,1,3-4H3/b11-9-/t13-/m0/s1. The second-order valence-electron chi connectivity index (χ2n) is 4.02. The van der Waals surface area contributed by atoms with Gasteiger partial charge in [0.25, 0.3) is 0 Å². The summed E-state index contributed by atoms with van der Waals surface area (Å²) in [6.45, 7) is 10.5. The van der Waals surface area contributed by atoms with Crippen LogP contribution in [-0.2, 0) is 0 Å². The zero-order valence-corrected chi connectivity index (χ0v) is 9.47. The second-order valence-corrected chi connectivity index (χ2v) is 4.02. The molecular weight excluding hydrogens is 156 g/mol. The molecule has 76 valence electrons. The molecule has 0 aliphatic heterocycles. The molecule has 0 heterocycles. The van der Waals surface area contributed by atoms with Crippen molar-refractivity contribution in [3.8, 4) is 0 Å². The van der Waals surface area contributed by atoms with E-state index in [4.69, 9.17) is 0 Å². The van der Waals surface area contributed by atoms with Gasteiger partial charge in [0, 0.05) is 0 Å². The van der Waals surface area contributed by atoms with E-state index in [9.17, 15) is 0 Å². The van der Waals surface area contributed by atoms with Gasteiger partial charge in [-0.1, -0.05) is 38.0 Å². The van der Waals surface area contributed by atoms with Gasteiger partial charge >= 0.3 is 0 Å². The van der Waals surface area contributed by atoms with Crippen molar-refractivity contribution in [1.29, 1.82) is 0 Å². The Bertz CT molecular complexity index is 153. The molecule has 0 aliphatic carbocycles. The summed E-state index contributed by atoms with van der Waals surface area (Å²) in [6, 6.07) is 0. The van der Waals surface area contributed by atoms with Crippen LogP contribution in [-0.4, -0.2) is 0 Å². The molecule has 1 atom stereocenters. The van der Waals surface area contributed by atoms with Crippen LogP contribution in [0, 0.1) is 5.92 Å². The summed E-state index contributed by atoms with van der Waals surface area (Å²) in [6.07, 6.45) is 10.9. The van der Waals surface area contributed by atoms with Crippen molar-refractivity contribution >= 4 is 0 Å². The van der Waals surface area contributed by atoms with Crippen molar-refractivity contribution in [2.24, 2.45) is 5.92 Å². The first-order chi connectivity index (χ1) is 6.16. The zero-order chi connectivity index (χ0) is 10.1. The van der Waals surface area contributed by atoms with Crippen LogP contribution in [0.3, 0.4) is 0 Å². The maximum Gasteiger partial charge on any atom is -0.0265 e. The van der Waals surface area contributed by atoms with Crippen molar-refractivity contribution in [2.75, 3.05) is 0 Å². The Labute approximate surface area is 83.7 Å². The Morgan fingerprint density at radius 1 is 1.38 bits per heavy atom. The van der Waals surface area contributed by atoms with E-state index in [0.717, 1.165) is 5.92 Å². The Balaban J connectivity index is 3.25. The van der Waals surface area contributed by atoms with Gasteiger partial charge in [-0.15, -0.1) is 6.58 Å². The molecule has 0 N–H and O–H groups in total. The third kappa shape index (κ3) is 9.39. The third-order valence-electron chi connectivity index (χ3n) is 2.33. The van der Waals surface area contributed by atoms with Gasteiger partial charge in [-0.3, -0.25) is 0 Å². The van der Waals surface area contributed by atoms with Crippen molar-refractivity contribution in [3.63, 3.8) is 0 Å². The molecule has 0 fully saturated rings. The summed E-state index contributed by atoms with van der Waals surface area (Å²) in [4.78, 5) is 0. The zero-order valence-electron chi connectivity index (χ0n) is 9.47. The van der Waals surface area contributed by atoms with Crippen molar-refractivity contribution in [2.45, 2.75) is 52.9 Å². The van der Waals surface area contributed by atoms with E-state index in [-0.39, 0.29) is 0 Å². The summed E-state index contributed by atoms with van der Waals surface area (Å²) >= 11 is 0. The predicted molar refractivity (Wildman–Crippen MR) is 61.9 cm³/mol. The van der Waals surface area contributed by atoms with Gasteiger partial charge in [-0.05, 0) is 38.5 Å². The molecular formula is C13H24. The maximum atomic E-state index is 3.90. The van der Waals surface area contributed by atoms with Crippen LogP contribution in [0.5, 0.6) is 0 Å². The Morgan fingerprint density at radius 2 is 2.08 bits per heavy atom. The van der Waals surface area contributed by atoms with Crippen LogP contribution >= 0.6 is 0 Å². The lowest BCUT2D eigenvalue weighted by Gasteiger charge is -2.00. The van der Waals surface area contributed by atoms with Gasteiger partial charge in [-0.2, -0.15) is 0 Å². The van der Waals surface area contributed by atoms with E-state index in [1.807, 2.05) is 0 Å². The molecule has 0 aromatic rings. The summed E-state index contributed by atoms with van der Waals surface area (Å²) in [7, 11) is 0.